The van der Waals surface area contributed by atoms with E-state index in [9.17, 15) is 14.7 Å². The summed E-state index contributed by atoms with van der Waals surface area (Å²) in [4.78, 5) is 28.2. The predicted octanol–water partition coefficient (Wildman–Crippen LogP) is 10.8. The van der Waals surface area contributed by atoms with E-state index in [4.69, 9.17) is 9.16 Å². The lowest BCUT2D eigenvalue weighted by Crippen LogP contribution is -2.46. The van der Waals surface area contributed by atoms with Gasteiger partial charge in [-0.15, -0.1) is 5.10 Å². The minimum absolute atomic E-state index is 0.0190. The first-order chi connectivity index (χ1) is 30.4. The highest BCUT2D eigenvalue weighted by molar-refractivity contribution is 6.74. The SMILES string of the molecule is CC(C)(C)NC1CCC(OC(=O)Nc2cc(/C=C/CCn3nnc4cc(CNC[C@@H](O[Si](C)(C)C(C)(C)C)c5ccc(O)c6[nH]c(=O)ccc56)ccc43)ccc2-c2ccccc2)CC1. The molecule has 13 heteroatoms. The van der Waals surface area contributed by atoms with Crippen LogP contribution in [0.4, 0.5) is 10.5 Å². The summed E-state index contributed by atoms with van der Waals surface area (Å²) >= 11 is 0. The first-order valence-electron chi connectivity index (χ1n) is 22.6. The number of anilines is 1. The number of nitrogens with one attached hydrogen (secondary N) is 4. The van der Waals surface area contributed by atoms with Crippen LogP contribution in [0.3, 0.4) is 0 Å². The van der Waals surface area contributed by atoms with Gasteiger partial charge in [-0.2, -0.15) is 0 Å². The average molecular weight is 884 g/mol. The number of phenols is 1. The molecule has 5 N–H and O–H groups in total. The monoisotopic (exact) mass is 883 g/mol. The molecule has 1 aliphatic rings. The van der Waals surface area contributed by atoms with Crippen molar-refractivity contribution in [2.45, 2.75) is 129 Å². The number of fused-ring (bicyclic) bond motifs is 2. The summed E-state index contributed by atoms with van der Waals surface area (Å²) in [6, 6.07) is 29.6. The molecule has 0 unspecified atom stereocenters. The molecule has 1 saturated carbocycles. The summed E-state index contributed by atoms with van der Waals surface area (Å²) in [6.07, 6.45) is 7.73. The number of carbonyl (C=O) groups is 1. The van der Waals surface area contributed by atoms with Gasteiger partial charge in [0.25, 0.3) is 0 Å². The van der Waals surface area contributed by atoms with Gasteiger partial charge in [0, 0.05) is 48.2 Å². The van der Waals surface area contributed by atoms with E-state index < -0.39 is 14.4 Å². The van der Waals surface area contributed by atoms with Crippen LogP contribution in [0.15, 0.2) is 102 Å². The van der Waals surface area contributed by atoms with Crippen LogP contribution in [0, 0.1) is 0 Å². The molecule has 1 amide bonds. The van der Waals surface area contributed by atoms with Gasteiger partial charge in [0.05, 0.1) is 22.8 Å². The van der Waals surface area contributed by atoms with Crippen LogP contribution < -0.4 is 21.5 Å². The number of aromatic amines is 1. The summed E-state index contributed by atoms with van der Waals surface area (Å²) in [5.74, 6) is 0.0290. The Morgan fingerprint density at radius 1 is 0.953 bits per heavy atom. The Bertz CT molecular complexity index is 2640. The van der Waals surface area contributed by atoms with Gasteiger partial charge in [0.1, 0.15) is 17.4 Å². The molecule has 0 spiro atoms. The number of aryl methyl sites for hydroxylation is 1. The molecule has 7 rings (SSSR count). The normalized spacial score (nSPS) is 16.7. The number of rotatable bonds is 15. The average Bonchev–Trinajstić information content (AvgIpc) is 3.64. The molecular weight excluding hydrogens is 819 g/mol. The van der Waals surface area contributed by atoms with Crippen molar-refractivity contribution in [1.29, 1.82) is 0 Å². The third-order valence-electron chi connectivity index (χ3n) is 12.5. The second kappa shape index (κ2) is 19.6. The quantitative estimate of drug-likeness (QED) is 0.0634. The number of hydrogen-bond donors (Lipinski definition) is 5. The van der Waals surface area contributed by atoms with Crippen molar-refractivity contribution in [3.8, 4) is 16.9 Å². The molecular formula is C51H65N7O5Si. The first-order valence-corrected chi connectivity index (χ1v) is 25.5. The lowest BCUT2D eigenvalue weighted by atomic mass is 9.91. The molecule has 6 aromatic rings. The van der Waals surface area contributed by atoms with Crippen LogP contribution in [-0.2, 0) is 22.3 Å². The Morgan fingerprint density at radius 3 is 2.45 bits per heavy atom. The van der Waals surface area contributed by atoms with Crippen LogP contribution in [0.1, 0.15) is 96.4 Å². The highest BCUT2D eigenvalue weighted by Gasteiger charge is 2.40. The lowest BCUT2D eigenvalue weighted by Gasteiger charge is -2.39. The smallest absolute Gasteiger partial charge is 0.411 e. The van der Waals surface area contributed by atoms with E-state index in [1.165, 1.54) is 6.07 Å². The third kappa shape index (κ3) is 11.7. The largest absolute Gasteiger partial charge is 0.506 e. The zero-order chi connectivity index (χ0) is 45.6. The van der Waals surface area contributed by atoms with Crippen molar-refractivity contribution in [2.24, 2.45) is 0 Å². The number of benzene rings is 4. The molecule has 338 valence electrons. The van der Waals surface area contributed by atoms with E-state index >= 15 is 0 Å². The van der Waals surface area contributed by atoms with E-state index in [0.717, 1.165) is 76.3 Å². The zero-order valence-corrected chi connectivity index (χ0v) is 39.6. The fourth-order valence-corrected chi connectivity index (χ4v) is 9.49. The minimum atomic E-state index is -2.22. The number of pyridine rings is 1. The summed E-state index contributed by atoms with van der Waals surface area (Å²) in [5.41, 5.74) is 7.58. The maximum Gasteiger partial charge on any atom is 0.411 e. The number of aromatic nitrogens is 4. The first kappa shape index (κ1) is 46.4. The van der Waals surface area contributed by atoms with Gasteiger partial charge in [-0.3, -0.25) is 10.1 Å². The Hall–Kier alpha value is -5.60. The topological polar surface area (TPSA) is 155 Å². The number of hydrogen-bond acceptors (Lipinski definition) is 9. The molecule has 2 aromatic heterocycles. The summed E-state index contributed by atoms with van der Waals surface area (Å²) in [5, 5.41) is 30.7. The number of ether oxygens (including phenoxy) is 1. The molecule has 2 heterocycles. The fraction of sp³-hybridized carbons (Fsp3) is 0.412. The van der Waals surface area contributed by atoms with Crippen LogP contribution in [0.25, 0.3) is 39.1 Å². The number of allylic oxidation sites excluding steroid dienone is 1. The zero-order valence-electron chi connectivity index (χ0n) is 38.6. The van der Waals surface area contributed by atoms with Crippen molar-refractivity contribution < 1.29 is 19.1 Å². The number of nitrogens with zero attached hydrogens (tertiary/aromatic N) is 3. The van der Waals surface area contributed by atoms with Crippen molar-refractivity contribution in [2.75, 3.05) is 11.9 Å². The Labute approximate surface area is 378 Å². The predicted molar refractivity (Wildman–Crippen MR) is 261 cm³/mol. The van der Waals surface area contributed by atoms with Crippen molar-refractivity contribution in [1.82, 2.24) is 30.6 Å². The molecule has 0 radical (unpaired) electrons. The molecule has 12 nitrogen and oxygen atoms in total. The number of H-pyrrole nitrogens is 1. The Balaban J connectivity index is 0.975. The van der Waals surface area contributed by atoms with Gasteiger partial charge in [-0.1, -0.05) is 92.7 Å². The maximum atomic E-state index is 13.3. The Morgan fingerprint density at radius 2 is 1.72 bits per heavy atom. The van der Waals surface area contributed by atoms with Gasteiger partial charge >= 0.3 is 6.09 Å². The lowest BCUT2D eigenvalue weighted by molar-refractivity contribution is 0.0762. The molecule has 1 aliphatic carbocycles. The fourth-order valence-electron chi connectivity index (χ4n) is 8.21. The van der Waals surface area contributed by atoms with Crippen LogP contribution in [0.2, 0.25) is 18.1 Å². The van der Waals surface area contributed by atoms with Gasteiger partial charge in [-0.05, 0) is 124 Å². The number of amides is 1. The molecule has 64 heavy (non-hydrogen) atoms. The summed E-state index contributed by atoms with van der Waals surface area (Å²) < 4.78 is 14.9. The van der Waals surface area contributed by atoms with E-state index in [2.05, 4.69) is 122 Å². The summed E-state index contributed by atoms with van der Waals surface area (Å²) in [6.45, 7) is 19.4. The van der Waals surface area contributed by atoms with E-state index in [1.807, 2.05) is 53.2 Å². The van der Waals surface area contributed by atoms with Crippen molar-refractivity contribution in [3.05, 3.63) is 124 Å². The number of aromatic hydroxyl groups is 1. The molecule has 4 aromatic carbocycles. The molecule has 1 fully saturated rings. The van der Waals surface area contributed by atoms with Crippen LogP contribution in [-0.4, -0.2) is 63.7 Å². The van der Waals surface area contributed by atoms with Gasteiger partial charge in [0.2, 0.25) is 5.56 Å². The minimum Gasteiger partial charge on any atom is -0.506 e. The number of carbonyl (C=O) groups excluding carboxylic acids is 1. The highest BCUT2D eigenvalue weighted by atomic mass is 28.4. The molecule has 0 aliphatic heterocycles. The molecule has 1 atom stereocenters. The van der Waals surface area contributed by atoms with Crippen molar-refractivity contribution in [3.63, 3.8) is 0 Å². The standard InChI is InChI=1S/C51H65N7O5Si/c1-50(2,3)55-37-19-21-38(22-20-37)62-49(61)53-42-30-34(17-23-39(42)36-15-10-9-11-16-36)14-12-13-29-58-44-26-18-35(31-43(44)56-57-58)32-52-33-46(63-64(7,8)51(4,5)6)40-24-27-45(59)48-41(40)25-28-47(60)54-48/h9-12,14-18,23-28,30-31,37-38,46,52,55,59H,13,19-22,29,32-33H2,1-8H3,(H,53,61)(H,54,60)/b14-12+/t37?,38?,46-/m1/s1. The van der Waals surface area contributed by atoms with E-state index in [1.54, 1.807) is 12.1 Å². The highest BCUT2D eigenvalue weighted by Crippen LogP contribution is 2.41. The Kier molecular flexibility index (Phi) is 14.2. The van der Waals surface area contributed by atoms with Gasteiger partial charge < -0.3 is 29.9 Å². The van der Waals surface area contributed by atoms with Gasteiger partial charge in [0.15, 0.2) is 8.32 Å². The van der Waals surface area contributed by atoms with E-state index in [-0.39, 0.29) is 34.1 Å². The third-order valence-corrected chi connectivity index (χ3v) is 17.0. The summed E-state index contributed by atoms with van der Waals surface area (Å²) in [7, 11) is -2.22. The number of phenolic OH excluding ortho intramolecular Hbond substituents is 1. The second-order valence-electron chi connectivity index (χ2n) is 19.7. The van der Waals surface area contributed by atoms with Crippen LogP contribution in [0.5, 0.6) is 5.75 Å². The second-order valence-corrected chi connectivity index (χ2v) is 24.4. The maximum absolute atomic E-state index is 13.3. The molecule has 0 bridgehead atoms. The van der Waals surface area contributed by atoms with Crippen molar-refractivity contribution >= 4 is 48.1 Å². The van der Waals surface area contributed by atoms with E-state index in [0.29, 0.717) is 36.9 Å². The molecule has 0 saturated heterocycles. The van der Waals surface area contributed by atoms with Crippen LogP contribution >= 0.6 is 0 Å². The van der Waals surface area contributed by atoms with Gasteiger partial charge in [-0.25, -0.2) is 9.48 Å².